The van der Waals surface area contributed by atoms with Crippen LogP contribution >= 0.6 is 42.1 Å². The van der Waals surface area contributed by atoms with Gasteiger partial charge in [-0.2, -0.15) is 22.0 Å². The molecule has 0 aromatic carbocycles. The summed E-state index contributed by atoms with van der Waals surface area (Å²) >= 11 is 1.86. The normalized spacial score (nSPS) is 16.7. The molecule has 2 aliphatic heterocycles. The highest BCUT2D eigenvalue weighted by Crippen LogP contribution is 2.55. The van der Waals surface area contributed by atoms with Crippen molar-refractivity contribution in [3.63, 3.8) is 0 Å². The van der Waals surface area contributed by atoms with Gasteiger partial charge in [-0.05, 0) is 92.5 Å². The number of fused-ring (bicyclic) bond motifs is 1. The van der Waals surface area contributed by atoms with Gasteiger partial charge in [0.2, 0.25) is 5.91 Å². The number of hydrogen-bond donors (Lipinski definition) is 4. The van der Waals surface area contributed by atoms with Gasteiger partial charge < -0.3 is 66.9 Å². The fourth-order valence-electron chi connectivity index (χ4n) is 9.08. The summed E-state index contributed by atoms with van der Waals surface area (Å²) in [5, 5.41) is 21.6. The summed E-state index contributed by atoms with van der Waals surface area (Å²) in [5.41, 5.74) is 1.05. The van der Waals surface area contributed by atoms with Gasteiger partial charge >= 0.3 is 36.4 Å². The van der Waals surface area contributed by atoms with Crippen molar-refractivity contribution in [2.24, 2.45) is 0 Å². The van der Waals surface area contributed by atoms with Crippen LogP contribution in [-0.2, 0) is 81.8 Å². The first-order valence-electron chi connectivity index (χ1n) is 28.3. The van der Waals surface area contributed by atoms with Crippen molar-refractivity contribution in [2.45, 2.75) is 111 Å². The number of rotatable bonds is 45. The number of unbranched alkanes of at least 4 members (excludes halogenated alkanes) is 1. The van der Waals surface area contributed by atoms with Crippen LogP contribution in [0.1, 0.15) is 103 Å². The average molecular weight is 1270 g/mol. The predicted octanol–water partition coefficient (Wildman–Crippen LogP) is 7.56. The van der Waals surface area contributed by atoms with Crippen LogP contribution in [0.5, 0.6) is 0 Å². The van der Waals surface area contributed by atoms with Crippen LogP contribution in [-0.4, -0.2) is 193 Å². The molecule has 4 N–H and O–H groups in total. The summed E-state index contributed by atoms with van der Waals surface area (Å²) in [6, 6.07) is 6.70. The van der Waals surface area contributed by atoms with E-state index in [0.29, 0.717) is 36.2 Å². The van der Waals surface area contributed by atoms with Crippen molar-refractivity contribution in [1.29, 1.82) is 0 Å². The summed E-state index contributed by atoms with van der Waals surface area (Å²) in [7, 11) is -14.9. The highest BCUT2D eigenvalue weighted by molar-refractivity contribution is 8.00. The van der Waals surface area contributed by atoms with Crippen LogP contribution in [0, 0.1) is 0 Å². The molecule has 3 aromatic heterocycles. The molecule has 0 aliphatic carbocycles. The number of pyridine rings is 1. The molecule has 0 spiro atoms. The molecule has 470 valence electrons. The number of nitrogens with zero attached hydrogens (tertiary/aromatic N) is 7. The molecule has 83 heavy (non-hydrogen) atoms. The third-order valence-electron chi connectivity index (χ3n) is 12.2. The zero-order chi connectivity index (χ0) is 60.3. The minimum Gasteiger partial charge on any atom is -0.377 e. The first-order chi connectivity index (χ1) is 39.9. The van der Waals surface area contributed by atoms with E-state index in [0.717, 1.165) is 25.0 Å². The van der Waals surface area contributed by atoms with Crippen LogP contribution < -0.4 is 21.3 Å². The molecule has 3 atom stereocenters. The third-order valence-corrected chi connectivity index (χ3v) is 21.9. The van der Waals surface area contributed by atoms with Gasteiger partial charge in [0.15, 0.2) is 11.6 Å². The zero-order valence-electron chi connectivity index (χ0n) is 49.1. The van der Waals surface area contributed by atoms with Gasteiger partial charge in [0.1, 0.15) is 25.1 Å². The molecular formula is C50H87N11O17P4S. The van der Waals surface area contributed by atoms with Gasteiger partial charge in [-0.3, -0.25) is 37.6 Å². The number of amides is 4. The Balaban J connectivity index is 1.28. The lowest BCUT2D eigenvalue weighted by atomic mass is 10.0. The fourth-order valence-corrected chi connectivity index (χ4v) is 17.8. The quantitative estimate of drug-likeness (QED) is 0.0241. The summed E-state index contributed by atoms with van der Waals surface area (Å²) in [5.74, 6) is 0.808. The van der Waals surface area contributed by atoms with Crippen LogP contribution in [0.4, 0.5) is 4.79 Å². The standard InChI is InChI=1S/C50H87N11O17P4S/c1-9-71-79(65,72-10-2)36-58(37-80(66,73-11-3)74-12-4)33-41-21-25-60(56-41)45-31-40(49(63)52-24-28-70-30-29-69-27-23-51-47(62)20-18-17-19-44-48-43(35-83-44)53-50(64)55-48)32-46(54-45)61-26-22-42(57-61)34-59(38-81(67,75-13-5)76-14-6)39-82(68,77-15-7)78-16-8/h21-22,25-26,31-32,43-44,48H,9-20,23-24,27-30,33-39H2,1-8H3,(H,51,62)(H,52,63)(H2,53,55,64)/t43-,44-,48-/m1/s1. The molecule has 0 unspecified atom stereocenters. The van der Waals surface area contributed by atoms with E-state index in [1.165, 1.54) is 9.36 Å². The van der Waals surface area contributed by atoms with Gasteiger partial charge in [-0.15, -0.1) is 0 Å². The molecule has 2 aliphatic rings. The smallest absolute Gasteiger partial charge is 0.344 e. The van der Waals surface area contributed by atoms with Gasteiger partial charge in [-0.25, -0.2) is 19.1 Å². The van der Waals surface area contributed by atoms with Crippen LogP contribution in [0.3, 0.4) is 0 Å². The second-order valence-corrected chi connectivity index (χ2v) is 28.1. The Morgan fingerprint density at radius 1 is 0.614 bits per heavy atom. The summed E-state index contributed by atoms with van der Waals surface area (Å²) in [6.07, 6.45) is 5.26. The van der Waals surface area contributed by atoms with E-state index in [9.17, 15) is 32.6 Å². The molecular weight excluding hydrogens is 1180 g/mol. The Morgan fingerprint density at radius 2 is 1.04 bits per heavy atom. The van der Waals surface area contributed by atoms with Crippen molar-refractivity contribution in [1.82, 2.24) is 55.6 Å². The van der Waals surface area contributed by atoms with Crippen molar-refractivity contribution in [2.75, 3.05) is 123 Å². The number of urea groups is 1. The Bertz CT molecular complexity index is 2440. The number of thioether (sulfide) groups is 1. The van der Waals surface area contributed by atoms with Crippen LogP contribution in [0.2, 0.25) is 0 Å². The SMILES string of the molecule is CCOP(=O)(CN(Cc1ccn(-c2cc(C(=O)NCCOCCOCCNC(=O)CCCC[C@H]3SC[C@H]4NC(=O)N[C@H]43)cc(-n3ccc(CN(CP(=O)(OCC)OCC)CP(=O)(OCC)OCC)n3)n2)n1)CP(=O)(OCC)OCC)OCC. The molecule has 2 fully saturated rings. The van der Waals surface area contributed by atoms with Gasteiger partial charge in [-0.1, -0.05) is 6.42 Å². The molecule has 3 aromatic rings. The minimum atomic E-state index is -3.72. The second-order valence-electron chi connectivity index (χ2n) is 18.8. The fraction of sp³-hybridized carbons (Fsp3) is 0.720. The van der Waals surface area contributed by atoms with Gasteiger partial charge in [0.25, 0.3) is 5.91 Å². The molecule has 4 amide bonds. The number of hydrogen-bond acceptors (Lipinski definition) is 23. The maximum absolute atomic E-state index is 14.0. The third kappa shape index (κ3) is 23.6. The number of carbonyl (C=O) groups excluding carboxylic acids is 3. The number of ether oxygens (including phenoxy) is 2. The van der Waals surface area contributed by atoms with Crippen LogP contribution in [0.15, 0.2) is 36.7 Å². The Hall–Kier alpha value is -3.43. The number of carbonyl (C=O) groups is 3. The predicted molar refractivity (Wildman–Crippen MR) is 313 cm³/mol. The van der Waals surface area contributed by atoms with Crippen molar-refractivity contribution < 1.29 is 78.3 Å². The monoisotopic (exact) mass is 1270 g/mol. The van der Waals surface area contributed by atoms with E-state index >= 15 is 0 Å². The van der Waals surface area contributed by atoms with Crippen LogP contribution in [0.25, 0.3) is 11.6 Å². The Morgan fingerprint density at radius 3 is 1.46 bits per heavy atom. The van der Waals surface area contributed by atoms with E-state index in [-0.39, 0.29) is 159 Å². The summed E-state index contributed by atoms with van der Waals surface area (Å²) < 4.78 is 115. The number of aromatic nitrogens is 5. The lowest BCUT2D eigenvalue weighted by Gasteiger charge is -2.29. The molecule has 2 saturated heterocycles. The molecule has 0 radical (unpaired) electrons. The summed E-state index contributed by atoms with van der Waals surface area (Å²) in [4.78, 5) is 46.1. The van der Waals surface area contributed by atoms with E-state index < -0.39 is 36.3 Å². The maximum atomic E-state index is 14.0. The first-order valence-corrected chi connectivity index (χ1v) is 36.3. The van der Waals surface area contributed by atoms with E-state index in [4.69, 9.17) is 60.8 Å². The molecule has 5 rings (SSSR count). The lowest BCUT2D eigenvalue weighted by Crippen LogP contribution is -2.36. The Labute approximate surface area is 492 Å². The van der Waals surface area contributed by atoms with Crippen molar-refractivity contribution in [3.05, 3.63) is 53.6 Å². The topological polar surface area (TPSA) is 315 Å². The molecule has 28 nitrogen and oxygen atoms in total. The maximum Gasteiger partial charge on any atom is 0.344 e. The lowest BCUT2D eigenvalue weighted by molar-refractivity contribution is -0.121. The molecule has 5 heterocycles. The minimum absolute atomic E-state index is 0.00191. The molecule has 0 saturated carbocycles. The zero-order valence-corrected chi connectivity index (χ0v) is 53.5. The number of nitrogens with one attached hydrogen (secondary N) is 4. The summed E-state index contributed by atoms with van der Waals surface area (Å²) in [6.45, 7) is 15.9. The van der Waals surface area contributed by atoms with Gasteiger partial charge in [0.05, 0.1) is 103 Å². The van der Waals surface area contributed by atoms with Crippen molar-refractivity contribution in [3.8, 4) is 11.6 Å². The van der Waals surface area contributed by atoms with E-state index in [2.05, 4.69) is 21.3 Å². The van der Waals surface area contributed by atoms with E-state index in [1.807, 2.05) is 11.8 Å². The van der Waals surface area contributed by atoms with Crippen molar-refractivity contribution >= 4 is 60.0 Å². The highest BCUT2D eigenvalue weighted by Gasteiger charge is 2.43. The Kier molecular flexibility index (Phi) is 30.5. The molecule has 0 bridgehead atoms. The highest BCUT2D eigenvalue weighted by atomic mass is 32.2. The van der Waals surface area contributed by atoms with E-state index in [1.54, 1.807) is 102 Å². The second kappa shape index (κ2) is 36.0. The average Bonchev–Trinajstić information content (AvgIpc) is 4.48. The largest absolute Gasteiger partial charge is 0.377 e. The first kappa shape index (κ1) is 70.3. The van der Waals surface area contributed by atoms with Gasteiger partial charge in [0, 0.05) is 61.6 Å². The molecule has 33 heteroatoms.